The maximum atomic E-state index is 3.49. The minimum Gasteiger partial charge on any atom is -0.315 e. The van der Waals surface area contributed by atoms with E-state index in [9.17, 15) is 0 Å². The van der Waals surface area contributed by atoms with Crippen LogP contribution in [0.3, 0.4) is 0 Å². The number of nitrogens with one attached hydrogen (secondary N) is 1. The molecule has 1 aliphatic heterocycles. The molecule has 0 amide bonds. The SMILES string of the molecule is CCC(c1cc(C)ccc1C)N1CCCNCC1. The van der Waals surface area contributed by atoms with Gasteiger partial charge in [0.05, 0.1) is 0 Å². The van der Waals surface area contributed by atoms with Gasteiger partial charge >= 0.3 is 0 Å². The lowest BCUT2D eigenvalue weighted by Gasteiger charge is -2.31. The normalized spacial score (nSPS) is 19.5. The van der Waals surface area contributed by atoms with Crippen LogP contribution in [-0.2, 0) is 0 Å². The van der Waals surface area contributed by atoms with Crippen molar-refractivity contribution in [2.75, 3.05) is 26.2 Å². The highest BCUT2D eigenvalue weighted by atomic mass is 15.2. The number of hydrogen-bond acceptors (Lipinski definition) is 2. The molecule has 1 aliphatic rings. The van der Waals surface area contributed by atoms with E-state index in [2.05, 4.69) is 49.2 Å². The number of benzene rings is 1. The molecular formula is C16H26N2. The second-order valence-electron chi connectivity index (χ2n) is 5.42. The molecule has 2 heteroatoms. The van der Waals surface area contributed by atoms with Gasteiger partial charge in [-0.3, -0.25) is 4.90 Å². The molecule has 1 atom stereocenters. The quantitative estimate of drug-likeness (QED) is 0.882. The first-order valence-corrected chi connectivity index (χ1v) is 7.24. The van der Waals surface area contributed by atoms with Crippen molar-refractivity contribution in [2.24, 2.45) is 0 Å². The topological polar surface area (TPSA) is 15.3 Å². The van der Waals surface area contributed by atoms with Gasteiger partial charge in [-0.05, 0) is 44.4 Å². The van der Waals surface area contributed by atoms with Crippen LogP contribution >= 0.6 is 0 Å². The van der Waals surface area contributed by atoms with Crippen LogP contribution in [0.1, 0.15) is 42.5 Å². The Labute approximate surface area is 111 Å². The summed E-state index contributed by atoms with van der Waals surface area (Å²) in [6, 6.07) is 7.45. The highest BCUT2D eigenvalue weighted by molar-refractivity contribution is 5.33. The van der Waals surface area contributed by atoms with Gasteiger partial charge in [-0.2, -0.15) is 0 Å². The van der Waals surface area contributed by atoms with E-state index in [1.165, 1.54) is 49.2 Å². The Kier molecular flexibility index (Phi) is 4.79. The fraction of sp³-hybridized carbons (Fsp3) is 0.625. The zero-order chi connectivity index (χ0) is 13.0. The minimum atomic E-state index is 0.588. The molecule has 0 radical (unpaired) electrons. The van der Waals surface area contributed by atoms with Crippen LogP contribution in [0, 0.1) is 13.8 Å². The zero-order valence-corrected chi connectivity index (χ0v) is 12.0. The third kappa shape index (κ3) is 3.12. The van der Waals surface area contributed by atoms with E-state index in [1.807, 2.05) is 0 Å². The summed E-state index contributed by atoms with van der Waals surface area (Å²) >= 11 is 0. The Morgan fingerprint density at radius 3 is 2.83 bits per heavy atom. The second-order valence-corrected chi connectivity index (χ2v) is 5.42. The van der Waals surface area contributed by atoms with Gasteiger partial charge in [-0.25, -0.2) is 0 Å². The Balaban J connectivity index is 2.23. The molecule has 1 aromatic rings. The Hall–Kier alpha value is -0.860. The molecule has 1 heterocycles. The summed E-state index contributed by atoms with van der Waals surface area (Å²) < 4.78 is 0. The van der Waals surface area contributed by atoms with Crippen molar-refractivity contribution in [3.05, 3.63) is 34.9 Å². The monoisotopic (exact) mass is 246 g/mol. The number of aryl methyl sites for hydroxylation is 2. The van der Waals surface area contributed by atoms with Gasteiger partial charge < -0.3 is 5.32 Å². The van der Waals surface area contributed by atoms with Gasteiger partial charge in [0, 0.05) is 25.7 Å². The van der Waals surface area contributed by atoms with Gasteiger partial charge in [0.25, 0.3) is 0 Å². The highest BCUT2D eigenvalue weighted by Crippen LogP contribution is 2.28. The van der Waals surface area contributed by atoms with Crippen LogP contribution < -0.4 is 5.32 Å². The first kappa shape index (κ1) is 13.6. The molecule has 1 aromatic carbocycles. The maximum Gasteiger partial charge on any atom is 0.0348 e. The lowest BCUT2D eigenvalue weighted by molar-refractivity contribution is 0.204. The molecule has 100 valence electrons. The number of rotatable bonds is 3. The largest absolute Gasteiger partial charge is 0.315 e. The predicted octanol–water partition coefficient (Wildman–Crippen LogP) is 3.05. The molecule has 1 saturated heterocycles. The third-order valence-electron chi connectivity index (χ3n) is 4.00. The molecule has 2 rings (SSSR count). The average Bonchev–Trinajstić information content (AvgIpc) is 2.64. The summed E-state index contributed by atoms with van der Waals surface area (Å²) in [5, 5.41) is 3.49. The van der Waals surface area contributed by atoms with Crippen LogP contribution in [0.4, 0.5) is 0 Å². The van der Waals surface area contributed by atoms with Crippen molar-refractivity contribution in [1.82, 2.24) is 10.2 Å². The number of hydrogen-bond donors (Lipinski definition) is 1. The van der Waals surface area contributed by atoms with Crippen molar-refractivity contribution in [3.8, 4) is 0 Å². The first-order chi connectivity index (χ1) is 8.72. The van der Waals surface area contributed by atoms with Crippen molar-refractivity contribution in [1.29, 1.82) is 0 Å². The van der Waals surface area contributed by atoms with Gasteiger partial charge in [0.15, 0.2) is 0 Å². The fourth-order valence-electron chi connectivity index (χ4n) is 2.97. The summed E-state index contributed by atoms with van der Waals surface area (Å²) in [6.45, 7) is 11.4. The van der Waals surface area contributed by atoms with E-state index in [4.69, 9.17) is 0 Å². The van der Waals surface area contributed by atoms with Gasteiger partial charge in [-0.1, -0.05) is 30.7 Å². The van der Waals surface area contributed by atoms with Crippen LogP contribution in [0.25, 0.3) is 0 Å². The summed E-state index contributed by atoms with van der Waals surface area (Å²) in [7, 11) is 0. The summed E-state index contributed by atoms with van der Waals surface area (Å²) in [6.07, 6.45) is 2.46. The van der Waals surface area contributed by atoms with Crippen molar-refractivity contribution in [2.45, 2.75) is 39.7 Å². The predicted molar refractivity (Wildman–Crippen MR) is 78.0 cm³/mol. The molecule has 1 unspecified atom stereocenters. The summed E-state index contributed by atoms with van der Waals surface area (Å²) in [5.41, 5.74) is 4.34. The Morgan fingerprint density at radius 1 is 1.22 bits per heavy atom. The lowest BCUT2D eigenvalue weighted by atomic mass is 9.96. The highest BCUT2D eigenvalue weighted by Gasteiger charge is 2.21. The molecule has 1 fully saturated rings. The van der Waals surface area contributed by atoms with E-state index in [0.29, 0.717) is 6.04 Å². The van der Waals surface area contributed by atoms with Gasteiger partial charge in [0.1, 0.15) is 0 Å². The van der Waals surface area contributed by atoms with E-state index < -0.39 is 0 Å². The van der Waals surface area contributed by atoms with Crippen molar-refractivity contribution >= 4 is 0 Å². The Morgan fingerprint density at radius 2 is 2.06 bits per heavy atom. The van der Waals surface area contributed by atoms with Crippen LogP contribution in [0.15, 0.2) is 18.2 Å². The van der Waals surface area contributed by atoms with Crippen LogP contribution in [0.2, 0.25) is 0 Å². The zero-order valence-electron chi connectivity index (χ0n) is 12.0. The molecule has 18 heavy (non-hydrogen) atoms. The summed E-state index contributed by atoms with van der Waals surface area (Å²) in [5.74, 6) is 0. The van der Waals surface area contributed by atoms with E-state index in [-0.39, 0.29) is 0 Å². The van der Waals surface area contributed by atoms with E-state index >= 15 is 0 Å². The molecule has 0 spiro atoms. The first-order valence-electron chi connectivity index (χ1n) is 7.24. The minimum absolute atomic E-state index is 0.588. The van der Waals surface area contributed by atoms with Crippen LogP contribution in [0.5, 0.6) is 0 Å². The molecule has 1 N–H and O–H groups in total. The molecular weight excluding hydrogens is 220 g/mol. The van der Waals surface area contributed by atoms with Crippen LogP contribution in [-0.4, -0.2) is 31.1 Å². The van der Waals surface area contributed by atoms with E-state index in [0.717, 1.165) is 6.54 Å². The molecule has 0 saturated carbocycles. The Bertz CT molecular complexity index is 379. The van der Waals surface area contributed by atoms with Crippen molar-refractivity contribution in [3.63, 3.8) is 0 Å². The molecule has 0 aliphatic carbocycles. The average molecular weight is 246 g/mol. The smallest absolute Gasteiger partial charge is 0.0348 e. The second kappa shape index (κ2) is 6.35. The molecule has 2 nitrogen and oxygen atoms in total. The van der Waals surface area contributed by atoms with Crippen molar-refractivity contribution < 1.29 is 0 Å². The molecule has 0 aromatic heterocycles. The molecule has 0 bridgehead atoms. The van der Waals surface area contributed by atoms with Gasteiger partial charge in [0.2, 0.25) is 0 Å². The maximum absolute atomic E-state index is 3.49. The third-order valence-corrected chi connectivity index (χ3v) is 4.00. The summed E-state index contributed by atoms with van der Waals surface area (Å²) in [4.78, 5) is 2.65. The number of nitrogens with zero attached hydrogens (tertiary/aromatic N) is 1. The van der Waals surface area contributed by atoms with E-state index in [1.54, 1.807) is 0 Å². The fourth-order valence-corrected chi connectivity index (χ4v) is 2.97. The lowest BCUT2D eigenvalue weighted by Crippen LogP contribution is -2.32. The standard InChI is InChI=1S/C16H26N2/c1-4-16(18-10-5-8-17-9-11-18)15-12-13(2)6-7-14(15)3/h6-7,12,16-17H,4-5,8-11H2,1-3H3. The van der Waals surface area contributed by atoms with Gasteiger partial charge in [-0.15, -0.1) is 0 Å².